The van der Waals surface area contributed by atoms with E-state index in [9.17, 15) is 0 Å². The van der Waals surface area contributed by atoms with E-state index in [1.807, 2.05) is 0 Å². The van der Waals surface area contributed by atoms with Crippen molar-refractivity contribution in [2.45, 2.75) is 25.7 Å². The van der Waals surface area contributed by atoms with Gasteiger partial charge >= 0.3 is 0 Å². The van der Waals surface area contributed by atoms with Crippen LogP contribution in [0, 0.1) is 0 Å². The fourth-order valence-electron chi connectivity index (χ4n) is 0.856. The van der Waals surface area contributed by atoms with E-state index in [2.05, 4.69) is 24.3 Å². The summed E-state index contributed by atoms with van der Waals surface area (Å²) in [5.41, 5.74) is 0. The Morgan fingerprint density at radius 1 is 0.600 bits per heavy atom. The van der Waals surface area contributed by atoms with E-state index < -0.39 is 0 Å². The number of rotatable bonds is 0. The van der Waals surface area contributed by atoms with E-state index in [1.54, 1.807) is 0 Å². The maximum atomic E-state index is 2.27. The number of hydrogen-bond donors (Lipinski definition) is 0. The third-order valence-electron chi connectivity index (χ3n) is 1.33. The largest absolute Gasteiger partial charge is 1.00 e. The maximum Gasteiger partial charge on any atom is 0 e. The van der Waals surface area contributed by atoms with Crippen LogP contribution in [0.2, 0.25) is 0 Å². The van der Waals surface area contributed by atoms with Gasteiger partial charge in [0.05, 0.1) is 0 Å². The molecule has 2 heteroatoms. The minimum Gasteiger partial charge on any atom is -1.00 e. The quantitative estimate of drug-likeness (QED) is 0.406. The van der Waals surface area contributed by atoms with Crippen molar-refractivity contribution in [3.8, 4) is 0 Å². The molecule has 0 bridgehead atoms. The van der Waals surface area contributed by atoms with E-state index in [0.717, 1.165) is 0 Å². The summed E-state index contributed by atoms with van der Waals surface area (Å²) in [5.74, 6) is 0. The second-order valence-electron chi connectivity index (χ2n) is 2.10. The molecule has 0 heterocycles. The van der Waals surface area contributed by atoms with Crippen LogP contribution in [0.3, 0.4) is 0 Å². The van der Waals surface area contributed by atoms with Gasteiger partial charge < -0.3 is 12.4 Å². The topological polar surface area (TPSA) is 0 Å². The van der Waals surface area contributed by atoms with Gasteiger partial charge in [0, 0.05) is 19.5 Å². The second-order valence-corrected chi connectivity index (χ2v) is 2.10. The van der Waals surface area contributed by atoms with Crippen LogP contribution >= 0.6 is 0 Å². The Kier molecular flexibility index (Phi) is 12.2. The molecule has 61 valence electrons. The van der Waals surface area contributed by atoms with Crippen LogP contribution in [-0.2, 0) is 19.5 Å². The molecule has 0 atom stereocenters. The smallest absolute Gasteiger partial charge is 0 e. The average molecular weight is 247 g/mol. The molecule has 1 rings (SSSR count). The Bertz CT molecular complexity index is 81.8. The molecule has 10 heavy (non-hydrogen) atoms. The Hall–Kier alpha value is 0.393. The summed E-state index contributed by atoms with van der Waals surface area (Å²) >= 11 is 0. The molecule has 0 aromatic heterocycles. The molecule has 0 aromatic rings. The summed E-state index contributed by atoms with van der Waals surface area (Å²) < 4.78 is 0. The zero-order valence-electron chi connectivity index (χ0n) is 5.85. The van der Waals surface area contributed by atoms with Crippen LogP contribution < -0.4 is 12.4 Å². The Morgan fingerprint density at radius 2 is 0.800 bits per heavy atom. The molecule has 0 amide bonds. The molecular formula is C8H12ClRh-. The second kappa shape index (κ2) is 9.39. The van der Waals surface area contributed by atoms with Gasteiger partial charge in [-0.1, -0.05) is 24.3 Å². The summed E-state index contributed by atoms with van der Waals surface area (Å²) in [4.78, 5) is 0. The van der Waals surface area contributed by atoms with Gasteiger partial charge in [-0.15, -0.1) is 0 Å². The summed E-state index contributed by atoms with van der Waals surface area (Å²) in [6, 6.07) is 0. The molecule has 0 saturated carbocycles. The van der Waals surface area contributed by atoms with Gasteiger partial charge in [0.1, 0.15) is 0 Å². The van der Waals surface area contributed by atoms with Gasteiger partial charge in [0.2, 0.25) is 0 Å². The first-order valence-electron chi connectivity index (χ1n) is 3.30. The molecule has 0 nitrogen and oxygen atoms in total. The van der Waals surface area contributed by atoms with E-state index in [1.165, 1.54) is 25.7 Å². The van der Waals surface area contributed by atoms with Crippen molar-refractivity contribution >= 4 is 0 Å². The summed E-state index contributed by atoms with van der Waals surface area (Å²) in [5, 5.41) is 0. The van der Waals surface area contributed by atoms with Crippen molar-refractivity contribution in [3.63, 3.8) is 0 Å². The number of hydrogen-bond acceptors (Lipinski definition) is 0. The predicted octanol–water partition coefficient (Wildman–Crippen LogP) is -0.326. The molecule has 0 aromatic carbocycles. The molecular weight excluding hydrogens is 234 g/mol. The molecule has 0 unspecified atom stereocenters. The van der Waals surface area contributed by atoms with Gasteiger partial charge in [0.15, 0.2) is 0 Å². The van der Waals surface area contributed by atoms with Crippen LogP contribution in [0.1, 0.15) is 25.7 Å². The third-order valence-corrected chi connectivity index (χ3v) is 1.33. The van der Waals surface area contributed by atoms with Gasteiger partial charge in [-0.25, -0.2) is 0 Å². The molecule has 1 aliphatic carbocycles. The molecule has 0 N–H and O–H groups in total. The van der Waals surface area contributed by atoms with Crippen molar-refractivity contribution in [1.29, 1.82) is 0 Å². The van der Waals surface area contributed by atoms with Crippen molar-refractivity contribution < 1.29 is 31.9 Å². The SMILES string of the molecule is C1=CCC/C=C\CC1.[Cl-].[Rh]. The van der Waals surface area contributed by atoms with Gasteiger partial charge in [-0.05, 0) is 25.7 Å². The van der Waals surface area contributed by atoms with Gasteiger partial charge in [-0.2, -0.15) is 0 Å². The van der Waals surface area contributed by atoms with E-state index in [-0.39, 0.29) is 31.9 Å². The minimum atomic E-state index is 0. The zero-order chi connectivity index (χ0) is 5.66. The molecule has 0 fully saturated rings. The first kappa shape index (κ1) is 13.0. The van der Waals surface area contributed by atoms with E-state index in [0.29, 0.717) is 0 Å². The normalized spacial score (nSPS) is 19.2. The standard InChI is InChI=1S/C8H12.ClH.Rh/c1-2-4-6-8-7-5-3-1;;/h1-2,7-8H,3-6H2;1H;/p-1/b2-1-,8-7?;;. The molecule has 1 radical (unpaired) electrons. The zero-order valence-corrected chi connectivity index (χ0v) is 8.24. The molecule has 0 spiro atoms. The van der Waals surface area contributed by atoms with Crippen LogP contribution in [0.5, 0.6) is 0 Å². The minimum absolute atomic E-state index is 0. The monoisotopic (exact) mass is 246 g/mol. The fourth-order valence-corrected chi connectivity index (χ4v) is 0.856. The Morgan fingerprint density at radius 3 is 1.00 bits per heavy atom. The molecule has 1 aliphatic rings. The average Bonchev–Trinajstić information content (AvgIpc) is 1.62. The first-order chi connectivity index (χ1) is 4.00. The van der Waals surface area contributed by atoms with Gasteiger partial charge in [-0.3, -0.25) is 0 Å². The Labute approximate surface area is 81.9 Å². The summed E-state index contributed by atoms with van der Waals surface area (Å²) in [6.45, 7) is 0. The number of allylic oxidation sites excluding steroid dienone is 4. The van der Waals surface area contributed by atoms with Crippen molar-refractivity contribution in [2.75, 3.05) is 0 Å². The fraction of sp³-hybridized carbons (Fsp3) is 0.500. The third kappa shape index (κ3) is 6.51. The molecule has 0 saturated heterocycles. The first-order valence-corrected chi connectivity index (χ1v) is 3.30. The van der Waals surface area contributed by atoms with Crippen LogP contribution in [-0.4, -0.2) is 0 Å². The van der Waals surface area contributed by atoms with Crippen molar-refractivity contribution in [1.82, 2.24) is 0 Å². The van der Waals surface area contributed by atoms with Crippen LogP contribution in [0.25, 0.3) is 0 Å². The van der Waals surface area contributed by atoms with Crippen molar-refractivity contribution in [2.24, 2.45) is 0 Å². The van der Waals surface area contributed by atoms with E-state index >= 15 is 0 Å². The number of halogens is 1. The molecule has 0 aliphatic heterocycles. The predicted molar refractivity (Wildman–Crippen MR) is 36.7 cm³/mol. The van der Waals surface area contributed by atoms with Gasteiger partial charge in [0.25, 0.3) is 0 Å². The Balaban J connectivity index is 0. The summed E-state index contributed by atoms with van der Waals surface area (Å²) in [7, 11) is 0. The van der Waals surface area contributed by atoms with Crippen LogP contribution in [0.15, 0.2) is 24.3 Å². The maximum absolute atomic E-state index is 2.27. The van der Waals surface area contributed by atoms with E-state index in [4.69, 9.17) is 0 Å². The summed E-state index contributed by atoms with van der Waals surface area (Å²) in [6.07, 6.45) is 14.0. The van der Waals surface area contributed by atoms with Crippen molar-refractivity contribution in [3.05, 3.63) is 24.3 Å². The van der Waals surface area contributed by atoms with Crippen LogP contribution in [0.4, 0.5) is 0 Å².